The number of benzene rings is 1. The lowest BCUT2D eigenvalue weighted by atomic mass is 9.95. The molecule has 0 bridgehead atoms. The number of rotatable bonds is 8. The van der Waals surface area contributed by atoms with Crippen molar-refractivity contribution in [3.8, 4) is 0 Å². The van der Waals surface area contributed by atoms with Crippen LogP contribution in [-0.4, -0.2) is 42.3 Å². The van der Waals surface area contributed by atoms with Gasteiger partial charge < -0.3 is 21.3 Å². The first-order chi connectivity index (χ1) is 13.5. The number of nitrogens with two attached hydrogens (primary N) is 1. The number of anilines is 1. The van der Waals surface area contributed by atoms with E-state index in [4.69, 9.17) is 10.7 Å². The number of hydrogen-bond donors (Lipinski definition) is 3. The Morgan fingerprint density at radius 2 is 2.00 bits per heavy atom. The van der Waals surface area contributed by atoms with Crippen molar-refractivity contribution >= 4 is 23.5 Å². The van der Waals surface area contributed by atoms with Crippen LogP contribution in [0.3, 0.4) is 0 Å². The van der Waals surface area contributed by atoms with Crippen molar-refractivity contribution in [3.05, 3.63) is 29.8 Å². The molecule has 0 aromatic heterocycles. The van der Waals surface area contributed by atoms with E-state index in [1.165, 1.54) is 0 Å². The third kappa shape index (κ3) is 7.21. The summed E-state index contributed by atoms with van der Waals surface area (Å²) in [5, 5.41) is 6.24. The molecule has 1 aromatic carbocycles. The van der Waals surface area contributed by atoms with Crippen molar-refractivity contribution in [1.82, 2.24) is 10.2 Å². The van der Waals surface area contributed by atoms with E-state index in [1.54, 1.807) is 0 Å². The lowest BCUT2D eigenvalue weighted by Gasteiger charge is -2.34. The first-order valence-electron chi connectivity index (χ1n) is 10.2. The van der Waals surface area contributed by atoms with Gasteiger partial charge in [-0.2, -0.15) is 0 Å². The quantitative estimate of drug-likeness (QED) is 0.471. The molecule has 0 radical (unpaired) electrons. The maximum atomic E-state index is 11.7. The molecule has 28 heavy (non-hydrogen) atoms. The fourth-order valence-corrected chi connectivity index (χ4v) is 3.44. The van der Waals surface area contributed by atoms with Gasteiger partial charge in [-0.25, -0.2) is 4.99 Å². The van der Waals surface area contributed by atoms with Crippen LogP contribution in [0.5, 0.6) is 0 Å². The summed E-state index contributed by atoms with van der Waals surface area (Å²) < 4.78 is 0. The average molecular weight is 388 g/mol. The number of likely N-dealkylation sites (tertiary alicyclic amines) is 1. The number of guanidine groups is 1. The maximum absolute atomic E-state index is 11.7. The van der Waals surface area contributed by atoms with Gasteiger partial charge in [0.2, 0.25) is 11.8 Å². The van der Waals surface area contributed by atoms with E-state index in [0.29, 0.717) is 25.3 Å². The fraction of sp³-hybridized carbons (Fsp3) is 0.571. The Hall–Kier alpha value is -2.57. The summed E-state index contributed by atoms with van der Waals surface area (Å²) in [4.78, 5) is 29.9. The molecule has 7 nitrogen and oxygen atoms in total. The molecular formula is C21H33N5O2. The van der Waals surface area contributed by atoms with Crippen LogP contribution < -0.4 is 16.4 Å². The van der Waals surface area contributed by atoms with Crippen molar-refractivity contribution in [3.63, 3.8) is 0 Å². The summed E-state index contributed by atoms with van der Waals surface area (Å²) in [6.45, 7) is 7.12. The largest absolute Gasteiger partial charge is 0.370 e. The summed E-state index contributed by atoms with van der Waals surface area (Å²) in [7, 11) is 0. The second kappa shape index (κ2) is 11.3. The number of nitrogens with zero attached hydrogens (tertiary/aromatic N) is 2. The van der Waals surface area contributed by atoms with Gasteiger partial charge in [-0.3, -0.25) is 9.59 Å². The molecule has 4 N–H and O–H groups in total. The zero-order valence-electron chi connectivity index (χ0n) is 17.0. The number of carbonyl (C=O) groups is 2. The van der Waals surface area contributed by atoms with Gasteiger partial charge in [-0.15, -0.1) is 0 Å². The monoisotopic (exact) mass is 387 g/mol. The van der Waals surface area contributed by atoms with Gasteiger partial charge in [-0.1, -0.05) is 19.1 Å². The molecule has 1 atom stereocenters. The highest BCUT2D eigenvalue weighted by molar-refractivity contribution is 5.90. The molecule has 1 fully saturated rings. The van der Waals surface area contributed by atoms with Crippen LogP contribution in [0.25, 0.3) is 0 Å². The van der Waals surface area contributed by atoms with Gasteiger partial charge >= 0.3 is 0 Å². The van der Waals surface area contributed by atoms with Crippen molar-refractivity contribution in [2.24, 2.45) is 16.6 Å². The van der Waals surface area contributed by atoms with E-state index in [-0.39, 0.29) is 11.8 Å². The SMILES string of the molecule is CCCC(=O)Nc1ccc(CN=C(NCC)N2CCCC(CC(N)=O)C2)cc1. The van der Waals surface area contributed by atoms with Crippen LogP contribution in [0.2, 0.25) is 0 Å². The van der Waals surface area contributed by atoms with Gasteiger partial charge in [0.1, 0.15) is 0 Å². The lowest BCUT2D eigenvalue weighted by Crippen LogP contribution is -2.47. The first kappa shape index (κ1) is 21.7. The van der Waals surface area contributed by atoms with E-state index in [0.717, 1.165) is 56.1 Å². The normalized spacial score (nSPS) is 17.3. The van der Waals surface area contributed by atoms with E-state index < -0.39 is 0 Å². The molecule has 1 aliphatic heterocycles. The lowest BCUT2D eigenvalue weighted by molar-refractivity contribution is -0.119. The molecule has 0 aliphatic carbocycles. The van der Waals surface area contributed by atoms with Gasteiger partial charge in [0.05, 0.1) is 6.54 Å². The number of carbonyl (C=O) groups excluding carboxylic acids is 2. The fourth-order valence-electron chi connectivity index (χ4n) is 3.44. The average Bonchev–Trinajstić information content (AvgIpc) is 2.66. The molecule has 1 heterocycles. The van der Waals surface area contributed by atoms with Crippen LogP contribution in [0, 0.1) is 5.92 Å². The van der Waals surface area contributed by atoms with Crippen molar-refractivity contribution in [2.45, 2.75) is 52.5 Å². The zero-order chi connectivity index (χ0) is 20.4. The molecule has 154 valence electrons. The number of amides is 2. The molecule has 0 saturated carbocycles. The third-order valence-electron chi connectivity index (χ3n) is 4.77. The topological polar surface area (TPSA) is 99.8 Å². The summed E-state index contributed by atoms with van der Waals surface area (Å²) >= 11 is 0. The van der Waals surface area contributed by atoms with Crippen molar-refractivity contribution < 1.29 is 9.59 Å². The van der Waals surface area contributed by atoms with Crippen LogP contribution in [0.15, 0.2) is 29.3 Å². The van der Waals surface area contributed by atoms with E-state index in [2.05, 4.69) is 15.5 Å². The smallest absolute Gasteiger partial charge is 0.224 e. The Balaban J connectivity index is 1.98. The second-order valence-corrected chi connectivity index (χ2v) is 7.29. The van der Waals surface area contributed by atoms with Crippen LogP contribution in [-0.2, 0) is 16.1 Å². The zero-order valence-corrected chi connectivity index (χ0v) is 17.0. The summed E-state index contributed by atoms with van der Waals surface area (Å²) in [6, 6.07) is 7.80. The molecule has 1 aliphatic rings. The number of piperidine rings is 1. The first-order valence-corrected chi connectivity index (χ1v) is 10.2. The Labute approximate surface area is 167 Å². The highest BCUT2D eigenvalue weighted by Crippen LogP contribution is 2.19. The van der Waals surface area contributed by atoms with Gasteiger partial charge in [-0.05, 0) is 49.8 Å². The van der Waals surface area contributed by atoms with E-state index in [9.17, 15) is 9.59 Å². The maximum Gasteiger partial charge on any atom is 0.224 e. The second-order valence-electron chi connectivity index (χ2n) is 7.29. The third-order valence-corrected chi connectivity index (χ3v) is 4.77. The predicted octanol–water partition coefficient (Wildman–Crippen LogP) is 2.48. The number of aliphatic imine (C=N–C) groups is 1. The molecule has 2 amide bonds. The number of hydrogen-bond acceptors (Lipinski definition) is 3. The van der Waals surface area contributed by atoms with Gasteiger partial charge in [0, 0.05) is 38.2 Å². The van der Waals surface area contributed by atoms with E-state index in [1.807, 2.05) is 38.1 Å². The van der Waals surface area contributed by atoms with E-state index >= 15 is 0 Å². The van der Waals surface area contributed by atoms with Crippen LogP contribution in [0.4, 0.5) is 5.69 Å². The molecule has 1 aromatic rings. The highest BCUT2D eigenvalue weighted by Gasteiger charge is 2.23. The number of nitrogens with one attached hydrogen (secondary N) is 2. The summed E-state index contributed by atoms with van der Waals surface area (Å²) in [6.07, 6.45) is 3.87. The molecule has 1 saturated heterocycles. The number of primary amides is 1. The summed E-state index contributed by atoms with van der Waals surface area (Å²) in [5.41, 5.74) is 7.25. The predicted molar refractivity (Wildman–Crippen MR) is 113 cm³/mol. The Bertz CT molecular complexity index is 672. The summed E-state index contributed by atoms with van der Waals surface area (Å²) in [5.74, 6) is 0.969. The van der Waals surface area contributed by atoms with Gasteiger partial charge in [0.15, 0.2) is 5.96 Å². The molecule has 2 rings (SSSR count). The van der Waals surface area contributed by atoms with Crippen LogP contribution in [0.1, 0.15) is 51.5 Å². The highest BCUT2D eigenvalue weighted by atomic mass is 16.1. The Kier molecular flexibility index (Phi) is 8.78. The molecular weight excluding hydrogens is 354 g/mol. The molecule has 0 spiro atoms. The minimum atomic E-state index is -0.236. The van der Waals surface area contributed by atoms with Crippen LogP contribution >= 0.6 is 0 Å². The Morgan fingerprint density at radius 3 is 2.64 bits per heavy atom. The van der Waals surface area contributed by atoms with Gasteiger partial charge in [0.25, 0.3) is 0 Å². The molecule has 7 heteroatoms. The minimum absolute atomic E-state index is 0.0401. The van der Waals surface area contributed by atoms with Crippen molar-refractivity contribution in [1.29, 1.82) is 0 Å². The standard InChI is InChI=1S/C21H33N5O2/c1-3-6-20(28)25-18-10-8-16(9-11-18)14-24-21(23-4-2)26-12-5-7-17(15-26)13-19(22)27/h8-11,17H,3-7,12-15H2,1-2H3,(H2,22,27)(H,23,24)(H,25,28). The van der Waals surface area contributed by atoms with Crippen molar-refractivity contribution in [2.75, 3.05) is 25.0 Å². The minimum Gasteiger partial charge on any atom is -0.370 e. The molecule has 1 unspecified atom stereocenters. The Morgan fingerprint density at radius 1 is 1.25 bits per heavy atom.